The van der Waals surface area contributed by atoms with Crippen LogP contribution in [0.3, 0.4) is 0 Å². The third-order valence-electron chi connectivity index (χ3n) is 3.92. The minimum atomic E-state index is -0.794. The Morgan fingerprint density at radius 1 is 1.33 bits per heavy atom. The quantitative estimate of drug-likeness (QED) is 0.632. The number of amides is 1. The van der Waals surface area contributed by atoms with Gasteiger partial charge in [0.25, 0.3) is 5.91 Å². The van der Waals surface area contributed by atoms with E-state index in [9.17, 15) is 9.59 Å². The number of thioether (sulfide) groups is 1. The topological polar surface area (TPSA) is 81.4 Å². The summed E-state index contributed by atoms with van der Waals surface area (Å²) in [6.07, 6.45) is 2.35. The molecule has 1 amide bonds. The molecule has 0 fully saturated rings. The number of ether oxygens (including phenoxy) is 1. The predicted molar refractivity (Wildman–Crippen MR) is 106 cm³/mol. The largest absolute Gasteiger partial charge is 0.459 e. The molecule has 146 valence electrons. The minimum absolute atomic E-state index is 0.0351. The second-order valence-corrected chi connectivity index (χ2v) is 7.67. The Hall–Kier alpha value is -1.70. The lowest BCUT2D eigenvalue weighted by atomic mass is 10.1. The van der Waals surface area contributed by atoms with Crippen LogP contribution in [0.4, 0.5) is 0 Å². The molecule has 0 aliphatic rings. The van der Waals surface area contributed by atoms with Crippen molar-refractivity contribution in [3.63, 3.8) is 0 Å². The van der Waals surface area contributed by atoms with Crippen LogP contribution in [-0.4, -0.2) is 35.1 Å². The van der Waals surface area contributed by atoms with Crippen molar-refractivity contribution in [2.45, 2.75) is 32.9 Å². The zero-order chi connectivity index (χ0) is 20.0. The van der Waals surface area contributed by atoms with Gasteiger partial charge in [-0.3, -0.25) is 4.79 Å². The van der Waals surface area contributed by atoms with Gasteiger partial charge in [0.2, 0.25) is 0 Å². The van der Waals surface area contributed by atoms with Crippen LogP contribution >= 0.6 is 35.0 Å². The average molecular weight is 431 g/mol. The molecule has 27 heavy (non-hydrogen) atoms. The summed E-state index contributed by atoms with van der Waals surface area (Å²) in [5, 5.41) is 7.16. The van der Waals surface area contributed by atoms with Gasteiger partial charge < -0.3 is 14.6 Å². The first-order valence-electron chi connectivity index (χ1n) is 8.16. The van der Waals surface area contributed by atoms with E-state index >= 15 is 0 Å². The first kappa shape index (κ1) is 21.6. The van der Waals surface area contributed by atoms with E-state index in [0.29, 0.717) is 28.7 Å². The first-order valence-corrected chi connectivity index (χ1v) is 10.3. The van der Waals surface area contributed by atoms with Gasteiger partial charge in [-0.05, 0) is 50.5 Å². The molecule has 1 heterocycles. The molecule has 0 saturated carbocycles. The molecule has 0 aliphatic heterocycles. The zero-order valence-corrected chi connectivity index (χ0v) is 17.5. The average Bonchev–Trinajstić information content (AvgIpc) is 2.94. The van der Waals surface area contributed by atoms with Gasteiger partial charge in [-0.1, -0.05) is 28.4 Å². The highest BCUT2D eigenvalue weighted by Gasteiger charge is 2.24. The van der Waals surface area contributed by atoms with Gasteiger partial charge in [0.15, 0.2) is 0 Å². The first-order chi connectivity index (χ1) is 12.8. The van der Waals surface area contributed by atoms with E-state index in [0.717, 1.165) is 5.56 Å². The minimum Gasteiger partial charge on any atom is -0.459 e. The number of benzene rings is 1. The maximum Gasteiger partial charge on any atom is 0.329 e. The van der Waals surface area contributed by atoms with Gasteiger partial charge >= 0.3 is 5.97 Å². The van der Waals surface area contributed by atoms with Crippen molar-refractivity contribution in [3.05, 3.63) is 50.8 Å². The normalized spacial score (nSPS) is 11.9. The van der Waals surface area contributed by atoms with Crippen LogP contribution < -0.4 is 5.32 Å². The van der Waals surface area contributed by atoms with Gasteiger partial charge in [-0.25, -0.2) is 4.79 Å². The predicted octanol–water partition coefficient (Wildman–Crippen LogP) is 4.19. The van der Waals surface area contributed by atoms with Gasteiger partial charge in [0.05, 0.1) is 21.8 Å². The third-order valence-corrected chi connectivity index (χ3v) is 5.11. The van der Waals surface area contributed by atoms with Crippen LogP contribution in [0.5, 0.6) is 0 Å². The summed E-state index contributed by atoms with van der Waals surface area (Å²) in [4.78, 5) is 25.0. The van der Waals surface area contributed by atoms with E-state index < -0.39 is 17.9 Å². The van der Waals surface area contributed by atoms with Crippen LogP contribution in [0.25, 0.3) is 0 Å². The Labute approximate surface area is 171 Å². The second-order valence-electron chi connectivity index (χ2n) is 5.84. The van der Waals surface area contributed by atoms with E-state index in [2.05, 4.69) is 10.5 Å². The number of carbonyl (C=O) groups is 2. The Morgan fingerprint density at radius 2 is 2.07 bits per heavy atom. The van der Waals surface area contributed by atoms with Crippen LogP contribution in [0.2, 0.25) is 10.0 Å². The van der Waals surface area contributed by atoms with Gasteiger partial charge in [-0.15, -0.1) is 0 Å². The summed E-state index contributed by atoms with van der Waals surface area (Å²) in [6, 6.07) is 3.76. The number of carbonyl (C=O) groups excluding carboxylic acids is 2. The molecule has 0 unspecified atom stereocenters. The molecule has 0 saturated heterocycles. The van der Waals surface area contributed by atoms with Crippen LogP contribution in [0, 0.1) is 13.8 Å². The molecule has 0 radical (unpaired) electrons. The van der Waals surface area contributed by atoms with Crippen LogP contribution in [0.1, 0.15) is 33.8 Å². The number of hydrogen-bond donors (Lipinski definition) is 1. The number of nitrogens with one attached hydrogen (secondary N) is 1. The van der Waals surface area contributed by atoms with Crippen molar-refractivity contribution in [2.24, 2.45) is 0 Å². The molecule has 0 bridgehead atoms. The number of hydrogen-bond acceptors (Lipinski definition) is 6. The highest BCUT2D eigenvalue weighted by atomic mass is 35.5. The maximum atomic E-state index is 12.5. The zero-order valence-electron chi connectivity index (χ0n) is 15.2. The summed E-state index contributed by atoms with van der Waals surface area (Å²) in [6.45, 7) is 3.56. The summed E-state index contributed by atoms with van der Waals surface area (Å²) >= 11 is 13.5. The number of aromatic nitrogens is 1. The molecule has 1 atom stereocenters. The third kappa shape index (κ3) is 5.89. The Morgan fingerprint density at radius 3 is 2.67 bits per heavy atom. The summed E-state index contributed by atoms with van der Waals surface area (Å²) in [7, 11) is 0. The number of halogens is 2. The van der Waals surface area contributed by atoms with E-state index in [1.54, 1.807) is 31.7 Å². The number of aryl methyl sites for hydroxylation is 2. The molecule has 1 aromatic heterocycles. The molecule has 2 rings (SSSR count). The van der Waals surface area contributed by atoms with Crippen molar-refractivity contribution in [1.82, 2.24) is 10.5 Å². The lowest BCUT2D eigenvalue weighted by Gasteiger charge is -2.18. The fraction of sp³-hybridized carbons (Fsp3) is 0.389. The highest BCUT2D eigenvalue weighted by Crippen LogP contribution is 2.21. The monoisotopic (exact) mass is 430 g/mol. The smallest absolute Gasteiger partial charge is 0.329 e. The molecule has 6 nitrogen and oxygen atoms in total. The standard InChI is InChI=1S/C18H20Cl2N2O4S/c1-10-14(11(2)26-22-10)9-25-18(24)16(6-7-27-3)21-17(23)13-5-4-12(19)8-15(13)20/h4-5,8,16H,6-7,9H2,1-3H3,(H,21,23)/t16-/m0/s1. The Balaban J connectivity index is 2.06. The Bertz CT molecular complexity index is 806. The molecule has 2 aromatic rings. The lowest BCUT2D eigenvalue weighted by Crippen LogP contribution is -2.42. The van der Waals surface area contributed by atoms with Gasteiger partial charge in [-0.2, -0.15) is 11.8 Å². The van der Waals surface area contributed by atoms with Gasteiger partial charge in [0, 0.05) is 5.02 Å². The lowest BCUT2D eigenvalue weighted by molar-refractivity contribution is -0.147. The van der Waals surface area contributed by atoms with Crippen molar-refractivity contribution in [1.29, 1.82) is 0 Å². The highest BCUT2D eigenvalue weighted by molar-refractivity contribution is 7.98. The fourth-order valence-electron chi connectivity index (χ4n) is 2.35. The second kappa shape index (κ2) is 10.0. The SMILES string of the molecule is CSCC[C@H](NC(=O)c1ccc(Cl)cc1Cl)C(=O)OCc1c(C)noc1C. The van der Waals surface area contributed by atoms with Crippen LogP contribution in [-0.2, 0) is 16.1 Å². The molecular weight excluding hydrogens is 411 g/mol. The molecular formula is C18H20Cl2N2O4S. The Kier molecular flexibility index (Phi) is 8.01. The number of rotatable bonds is 8. The van der Waals surface area contributed by atoms with E-state index in [1.165, 1.54) is 12.1 Å². The maximum absolute atomic E-state index is 12.5. The molecule has 1 aromatic carbocycles. The summed E-state index contributed by atoms with van der Waals surface area (Å²) in [5.41, 5.74) is 1.63. The summed E-state index contributed by atoms with van der Waals surface area (Å²) < 4.78 is 10.4. The van der Waals surface area contributed by atoms with E-state index in [1.807, 2.05) is 6.26 Å². The van der Waals surface area contributed by atoms with E-state index in [-0.39, 0.29) is 17.2 Å². The van der Waals surface area contributed by atoms with Crippen LogP contribution in [0.15, 0.2) is 22.7 Å². The van der Waals surface area contributed by atoms with Gasteiger partial charge in [0.1, 0.15) is 18.4 Å². The fourth-order valence-corrected chi connectivity index (χ4v) is 3.31. The molecule has 9 heteroatoms. The van der Waals surface area contributed by atoms with Crippen molar-refractivity contribution >= 4 is 46.8 Å². The summed E-state index contributed by atoms with van der Waals surface area (Å²) in [5.74, 6) is 0.289. The van der Waals surface area contributed by atoms with E-state index in [4.69, 9.17) is 32.5 Å². The number of nitrogens with zero attached hydrogens (tertiary/aromatic N) is 1. The van der Waals surface area contributed by atoms with Crippen molar-refractivity contribution in [2.75, 3.05) is 12.0 Å². The van der Waals surface area contributed by atoms with Crippen molar-refractivity contribution < 1.29 is 18.8 Å². The number of esters is 1. The molecule has 0 aliphatic carbocycles. The molecule has 0 spiro atoms. The van der Waals surface area contributed by atoms with Crippen molar-refractivity contribution in [3.8, 4) is 0 Å². The molecule has 1 N–H and O–H groups in total.